The maximum atomic E-state index is 12.1. The Morgan fingerprint density at radius 1 is 1.33 bits per heavy atom. The van der Waals surface area contributed by atoms with Gasteiger partial charge in [0.15, 0.2) is 0 Å². The second-order valence-corrected chi connectivity index (χ2v) is 5.91. The van der Waals surface area contributed by atoms with Crippen molar-refractivity contribution in [3.8, 4) is 0 Å². The molecule has 1 aliphatic rings. The average Bonchev–Trinajstić information content (AvgIpc) is 2.67. The van der Waals surface area contributed by atoms with Gasteiger partial charge in [0.25, 0.3) is 5.91 Å². The summed E-state index contributed by atoms with van der Waals surface area (Å²) in [6.45, 7) is 3.96. The first-order valence-corrected chi connectivity index (χ1v) is 7.01. The van der Waals surface area contributed by atoms with Gasteiger partial charge in [-0.25, -0.2) is 5.06 Å². The summed E-state index contributed by atoms with van der Waals surface area (Å²) >= 11 is 0. The number of nitrogens with zero attached hydrogens (tertiary/aromatic N) is 1. The lowest BCUT2D eigenvalue weighted by Gasteiger charge is -2.21. The van der Waals surface area contributed by atoms with Gasteiger partial charge in [0, 0.05) is 5.41 Å². The zero-order valence-corrected chi connectivity index (χ0v) is 12.7. The molecule has 0 saturated carbocycles. The quantitative estimate of drug-likeness (QED) is 0.781. The Morgan fingerprint density at radius 2 is 2.00 bits per heavy atom. The van der Waals surface area contributed by atoms with Gasteiger partial charge in [-0.05, 0) is 12.0 Å². The van der Waals surface area contributed by atoms with Crippen LogP contribution in [0.5, 0.6) is 0 Å². The molecule has 1 atom stereocenters. The monoisotopic (exact) mass is 291 g/mol. The lowest BCUT2D eigenvalue weighted by atomic mass is 9.89. The topological polar surface area (TPSA) is 55.8 Å². The van der Waals surface area contributed by atoms with Gasteiger partial charge in [-0.3, -0.25) is 14.4 Å². The molecule has 1 aliphatic heterocycles. The molecule has 1 fully saturated rings. The normalized spacial score (nSPS) is 20.6. The molecule has 1 saturated heterocycles. The third kappa shape index (κ3) is 3.61. The van der Waals surface area contributed by atoms with E-state index in [1.54, 1.807) is 0 Å². The van der Waals surface area contributed by atoms with E-state index in [4.69, 9.17) is 9.57 Å². The molecule has 1 heterocycles. The highest BCUT2D eigenvalue weighted by molar-refractivity contribution is 5.84. The highest BCUT2D eigenvalue weighted by atomic mass is 16.7. The molecule has 114 valence electrons. The Morgan fingerprint density at radius 3 is 2.62 bits per heavy atom. The molecule has 0 aromatic heterocycles. The van der Waals surface area contributed by atoms with Crippen molar-refractivity contribution in [1.29, 1.82) is 0 Å². The van der Waals surface area contributed by atoms with E-state index in [1.807, 2.05) is 44.2 Å². The van der Waals surface area contributed by atoms with E-state index in [2.05, 4.69) is 0 Å². The lowest BCUT2D eigenvalue weighted by molar-refractivity contribution is -0.183. The molecular formula is C16H21NO4. The van der Waals surface area contributed by atoms with E-state index in [0.29, 0.717) is 6.42 Å². The Hall–Kier alpha value is -1.88. The van der Waals surface area contributed by atoms with Crippen molar-refractivity contribution in [3.63, 3.8) is 0 Å². The zero-order valence-electron chi connectivity index (χ0n) is 12.7. The number of hydrogen-bond donors (Lipinski definition) is 0. The number of ether oxygens (including phenoxy) is 1. The summed E-state index contributed by atoms with van der Waals surface area (Å²) < 4.78 is 5.25. The van der Waals surface area contributed by atoms with Crippen molar-refractivity contribution in [2.75, 3.05) is 7.11 Å². The number of amides is 1. The number of carbonyl (C=O) groups excluding carboxylic acids is 2. The molecular weight excluding hydrogens is 270 g/mol. The molecule has 0 N–H and O–H groups in total. The summed E-state index contributed by atoms with van der Waals surface area (Å²) in [5, 5.41) is 1.30. The van der Waals surface area contributed by atoms with Gasteiger partial charge >= 0.3 is 5.97 Å². The van der Waals surface area contributed by atoms with E-state index in [9.17, 15) is 9.59 Å². The molecule has 0 bridgehead atoms. The predicted octanol–water partition coefficient (Wildman–Crippen LogP) is 2.31. The molecule has 1 aromatic rings. The average molecular weight is 291 g/mol. The Labute approximate surface area is 124 Å². The number of rotatable bonds is 5. The number of benzene rings is 1. The molecule has 1 unspecified atom stereocenters. The minimum absolute atomic E-state index is 0.0918. The van der Waals surface area contributed by atoms with E-state index < -0.39 is 5.41 Å². The highest BCUT2D eigenvalue weighted by Gasteiger charge is 2.46. The Kier molecular flexibility index (Phi) is 4.63. The van der Waals surface area contributed by atoms with Crippen LogP contribution in [-0.2, 0) is 25.8 Å². The number of esters is 1. The van der Waals surface area contributed by atoms with Gasteiger partial charge in [-0.2, -0.15) is 0 Å². The number of hydrogen-bond acceptors (Lipinski definition) is 4. The molecule has 5 nitrogen and oxygen atoms in total. The van der Waals surface area contributed by atoms with Crippen molar-refractivity contribution < 1.29 is 19.2 Å². The lowest BCUT2D eigenvalue weighted by Crippen LogP contribution is -2.35. The summed E-state index contributed by atoms with van der Waals surface area (Å²) in [4.78, 5) is 29.1. The van der Waals surface area contributed by atoms with Crippen molar-refractivity contribution >= 4 is 11.9 Å². The van der Waals surface area contributed by atoms with Crippen LogP contribution < -0.4 is 0 Å². The minimum Gasteiger partial charge on any atom is -0.461 e. The van der Waals surface area contributed by atoms with Gasteiger partial charge in [0.05, 0.1) is 19.6 Å². The largest absolute Gasteiger partial charge is 0.461 e. The zero-order chi connectivity index (χ0) is 15.5. The van der Waals surface area contributed by atoms with Crippen LogP contribution in [0.25, 0.3) is 0 Å². The minimum atomic E-state index is -0.500. The summed E-state index contributed by atoms with van der Waals surface area (Å²) in [7, 11) is 1.45. The SMILES string of the molecule is CON1C(=O)C(C)(C)CC1CC(=O)OCc1ccccc1. The van der Waals surface area contributed by atoms with E-state index >= 15 is 0 Å². The smallest absolute Gasteiger partial charge is 0.308 e. The summed E-state index contributed by atoms with van der Waals surface area (Å²) in [6, 6.07) is 9.24. The summed E-state index contributed by atoms with van der Waals surface area (Å²) in [6.07, 6.45) is 0.732. The second-order valence-electron chi connectivity index (χ2n) is 5.91. The first-order valence-electron chi connectivity index (χ1n) is 7.01. The molecule has 5 heteroatoms. The standard InChI is InChI=1S/C16H21NO4/c1-16(2)10-13(17(20-3)15(16)19)9-14(18)21-11-12-7-5-4-6-8-12/h4-8,13H,9-11H2,1-3H3. The van der Waals surface area contributed by atoms with E-state index in [0.717, 1.165) is 5.56 Å². The van der Waals surface area contributed by atoms with Crippen molar-refractivity contribution in [2.24, 2.45) is 5.41 Å². The molecule has 0 aliphatic carbocycles. The Bertz CT molecular complexity index is 512. The van der Waals surface area contributed by atoms with Gasteiger partial charge < -0.3 is 4.74 Å². The van der Waals surface area contributed by atoms with Crippen molar-refractivity contribution in [3.05, 3.63) is 35.9 Å². The fraction of sp³-hybridized carbons (Fsp3) is 0.500. The molecule has 2 rings (SSSR count). The van der Waals surface area contributed by atoms with Crippen LogP contribution in [0.15, 0.2) is 30.3 Å². The van der Waals surface area contributed by atoms with Crippen LogP contribution in [0, 0.1) is 5.41 Å². The first kappa shape index (κ1) is 15.5. The fourth-order valence-corrected chi connectivity index (χ4v) is 2.60. The van der Waals surface area contributed by atoms with Gasteiger partial charge in [-0.15, -0.1) is 0 Å². The second kappa shape index (κ2) is 6.26. The van der Waals surface area contributed by atoms with Gasteiger partial charge in [-0.1, -0.05) is 44.2 Å². The molecule has 21 heavy (non-hydrogen) atoms. The van der Waals surface area contributed by atoms with Crippen LogP contribution in [0.3, 0.4) is 0 Å². The molecule has 1 aromatic carbocycles. The van der Waals surface area contributed by atoms with E-state index in [-0.39, 0.29) is 30.9 Å². The maximum Gasteiger partial charge on any atom is 0.308 e. The molecule has 1 amide bonds. The summed E-state index contributed by atoms with van der Waals surface area (Å²) in [5.74, 6) is -0.415. The van der Waals surface area contributed by atoms with E-state index in [1.165, 1.54) is 12.2 Å². The van der Waals surface area contributed by atoms with Crippen molar-refractivity contribution in [1.82, 2.24) is 5.06 Å². The first-order chi connectivity index (χ1) is 9.94. The van der Waals surface area contributed by atoms with Crippen LogP contribution in [0.4, 0.5) is 0 Å². The predicted molar refractivity (Wildman–Crippen MR) is 76.9 cm³/mol. The van der Waals surface area contributed by atoms with Crippen LogP contribution in [-0.4, -0.2) is 30.1 Å². The van der Waals surface area contributed by atoms with Crippen LogP contribution >= 0.6 is 0 Å². The number of carbonyl (C=O) groups is 2. The Balaban J connectivity index is 1.89. The van der Waals surface area contributed by atoms with Crippen LogP contribution in [0.1, 0.15) is 32.3 Å². The molecule has 0 radical (unpaired) electrons. The summed E-state index contributed by atoms with van der Waals surface area (Å²) in [5.41, 5.74) is 0.442. The molecule has 0 spiro atoms. The third-order valence-corrected chi connectivity index (χ3v) is 3.70. The van der Waals surface area contributed by atoms with Crippen LogP contribution in [0.2, 0.25) is 0 Å². The highest BCUT2D eigenvalue weighted by Crippen LogP contribution is 2.36. The maximum absolute atomic E-state index is 12.1. The van der Waals surface area contributed by atoms with Gasteiger partial charge in [0.2, 0.25) is 0 Å². The third-order valence-electron chi connectivity index (χ3n) is 3.70. The fourth-order valence-electron chi connectivity index (χ4n) is 2.60. The van der Waals surface area contributed by atoms with Gasteiger partial charge in [0.1, 0.15) is 6.61 Å². The number of hydroxylamine groups is 2. The van der Waals surface area contributed by atoms with Crippen molar-refractivity contribution in [2.45, 2.75) is 39.3 Å².